The van der Waals surface area contributed by atoms with Crippen LogP contribution in [0.5, 0.6) is 11.5 Å². The van der Waals surface area contributed by atoms with Crippen molar-refractivity contribution in [3.8, 4) is 11.5 Å². The van der Waals surface area contributed by atoms with Gasteiger partial charge in [-0.25, -0.2) is 0 Å². The second-order valence-electron chi connectivity index (χ2n) is 5.26. The lowest BCUT2D eigenvalue weighted by atomic mass is 10.1. The molecule has 0 amide bonds. The first-order valence-corrected chi connectivity index (χ1v) is 6.75. The minimum atomic E-state index is 0.171. The van der Waals surface area contributed by atoms with Gasteiger partial charge in [0.15, 0.2) is 0 Å². The summed E-state index contributed by atoms with van der Waals surface area (Å²) in [5, 5.41) is 12.7. The lowest BCUT2D eigenvalue weighted by Crippen LogP contribution is -2.28. The molecule has 0 atom stereocenters. The molecule has 0 aromatic heterocycles. The van der Waals surface area contributed by atoms with Crippen molar-refractivity contribution in [2.24, 2.45) is 5.41 Å². The molecule has 0 heterocycles. The molecule has 0 bridgehead atoms. The topological polar surface area (TPSA) is 50.7 Å². The smallest absolute Gasteiger partial charge is 0.125 e. The predicted molar refractivity (Wildman–Crippen MR) is 74.9 cm³/mol. The number of ether oxygens (including phenoxy) is 2. The van der Waals surface area contributed by atoms with Crippen LogP contribution in [0.15, 0.2) is 18.2 Å². The van der Waals surface area contributed by atoms with E-state index in [-0.39, 0.29) is 5.41 Å². The van der Waals surface area contributed by atoms with Crippen LogP contribution in [0.4, 0.5) is 0 Å². The molecule has 0 unspecified atom stereocenters. The van der Waals surface area contributed by atoms with Crippen LogP contribution < -0.4 is 14.8 Å². The Labute approximate surface area is 114 Å². The van der Waals surface area contributed by atoms with E-state index < -0.39 is 0 Å². The van der Waals surface area contributed by atoms with E-state index in [0.29, 0.717) is 6.61 Å². The minimum absolute atomic E-state index is 0.171. The summed E-state index contributed by atoms with van der Waals surface area (Å²) in [4.78, 5) is 0. The quantitative estimate of drug-likeness (QED) is 0.701. The standard InChI is InChI=1S/C15H23NO3/c1-18-13-4-3-12(14(9-13)19-2)5-8-16-10-15(11-17)6-7-15/h3-4,9,16-17H,5-8,10-11H2,1-2H3. The molecule has 1 saturated carbocycles. The molecule has 0 spiro atoms. The molecular formula is C15H23NO3. The molecule has 106 valence electrons. The number of methoxy groups -OCH3 is 2. The molecule has 1 fully saturated rings. The zero-order chi connectivity index (χ0) is 13.7. The lowest BCUT2D eigenvalue weighted by molar-refractivity contribution is 0.208. The van der Waals surface area contributed by atoms with E-state index in [1.807, 2.05) is 18.2 Å². The second-order valence-corrected chi connectivity index (χ2v) is 5.26. The Morgan fingerprint density at radius 2 is 2.05 bits per heavy atom. The van der Waals surface area contributed by atoms with Gasteiger partial charge in [0.2, 0.25) is 0 Å². The molecule has 0 aliphatic heterocycles. The summed E-state index contributed by atoms with van der Waals surface area (Å²) in [5.74, 6) is 1.68. The van der Waals surface area contributed by atoms with Crippen LogP contribution in [0.1, 0.15) is 18.4 Å². The van der Waals surface area contributed by atoms with E-state index >= 15 is 0 Å². The van der Waals surface area contributed by atoms with Crippen molar-refractivity contribution in [1.82, 2.24) is 5.32 Å². The van der Waals surface area contributed by atoms with Crippen LogP contribution in [0.3, 0.4) is 0 Å². The predicted octanol–water partition coefficient (Wildman–Crippen LogP) is 1.61. The highest BCUT2D eigenvalue weighted by atomic mass is 16.5. The first-order valence-electron chi connectivity index (χ1n) is 6.75. The molecule has 4 nitrogen and oxygen atoms in total. The zero-order valence-electron chi connectivity index (χ0n) is 11.7. The van der Waals surface area contributed by atoms with Gasteiger partial charge < -0.3 is 19.9 Å². The van der Waals surface area contributed by atoms with E-state index in [1.165, 1.54) is 5.56 Å². The Kier molecular flexibility index (Phi) is 4.66. The van der Waals surface area contributed by atoms with Gasteiger partial charge in [-0.15, -0.1) is 0 Å². The number of aliphatic hydroxyl groups excluding tert-OH is 1. The highest BCUT2D eigenvalue weighted by Gasteiger charge is 2.41. The third-order valence-electron chi connectivity index (χ3n) is 3.86. The first-order chi connectivity index (χ1) is 9.23. The third-order valence-corrected chi connectivity index (χ3v) is 3.86. The molecule has 4 heteroatoms. The normalized spacial score (nSPS) is 16.2. The van der Waals surface area contributed by atoms with Gasteiger partial charge in [-0.1, -0.05) is 6.07 Å². The van der Waals surface area contributed by atoms with E-state index in [2.05, 4.69) is 5.32 Å². The Balaban J connectivity index is 1.82. The summed E-state index contributed by atoms with van der Waals surface area (Å²) in [6.45, 7) is 2.10. The molecule has 19 heavy (non-hydrogen) atoms. The zero-order valence-corrected chi connectivity index (χ0v) is 11.7. The number of hydrogen-bond donors (Lipinski definition) is 2. The Hall–Kier alpha value is -1.26. The van der Waals surface area contributed by atoms with Gasteiger partial charge in [0.05, 0.1) is 14.2 Å². The molecule has 0 saturated heterocycles. The monoisotopic (exact) mass is 265 g/mol. The fourth-order valence-corrected chi connectivity index (χ4v) is 2.20. The van der Waals surface area contributed by atoms with Gasteiger partial charge in [-0.05, 0) is 37.4 Å². The van der Waals surface area contributed by atoms with Crippen LogP contribution in [0.25, 0.3) is 0 Å². The molecule has 2 rings (SSSR count). The Morgan fingerprint density at radius 3 is 2.63 bits per heavy atom. The molecule has 2 N–H and O–H groups in total. The van der Waals surface area contributed by atoms with Crippen LogP contribution in [-0.2, 0) is 6.42 Å². The van der Waals surface area contributed by atoms with Gasteiger partial charge >= 0.3 is 0 Å². The summed E-state index contributed by atoms with van der Waals surface area (Å²) < 4.78 is 10.6. The minimum Gasteiger partial charge on any atom is -0.497 e. The van der Waals surface area contributed by atoms with Crippen molar-refractivity contribution in [3.05, 3.63) is 23.8 Å². The van der Waals surface area contributed by atoms with Crippen LogP contribution in [0.2, 0.25) is 0 Å². The average molecular weight is 265 g/mol. The fraction of sp³-hybridized carbons (Fsp3) is 0.600. The summed E-state index contributed by atoms with van der Waals surface area (Å²) in [5.41, 5.74) is 1.34. The number of benzene rings is 1. The third kappa shape index (κ3) is 3.61. The molecule has 0 radical (unpaired) electrons. The highest BCUT2D eigenvalue weighted by molar-refractivity contribution is 5.40. The molecule has 1 aliphatic carbocycles. The summed E-state index contributed by atoms with van der Waals surface area (Å²) >= 11 is 0. The Morgan fingerprint density at radius 1 is 1.26 bits per heavy atom. The molecular weight excluding hydrogens is 242 g/mol. The largest absolute Gasteiger partial charge is 0.497 e. The van der Waals surface area contributed by atoms with E-state index in [1.54, 1.807) is 14.2 Å². The lowest BCUT2D eigenvalue weighted by Gasteiger charge is -2.14. The molecule has 1 aromatic rings. The number of rotatable bonds is 8. The van der Waals surface area contributed by atoms with Gasteiger partial charge in [0.1, 0.15) is 11.5 Å². The maximum absolute atomic E-state index is 9.24. The maximum Gasteiger partial charge on any atom is 0.125 e. The summed E-state index contributed by atoms with van der Waals surface area (Å²) in [6, 6.07) is 5.90. The van der Waals surface area contributed by atoms with Gasteiger partial charge in [0, 0.05) is 24.6 Å². The average Bonchev–Trinajstić information content (AvgIpc) is 3.24. The van der Waals surface area contributed by atoms with Gasteiger partial charge in [-0.3, -0.25) is 0 Å². The van der Waals surface area contributed by atoms with E-state index in [9.17, 15) is 5.11 Å². The molecule has 1 aliphatic rings. The summed E-state index contributed by atoms with van der Waals surface area (Å²) in [7, 11) is 3.33. The van der Waals surface area contributed by atoms with E-state index in [0.717, 1.165) is 43.9 Å². The SMILES string of the molecule is COc1ccc(CCNCC2(CO)CC2)c(OC)c1. The maximum atomic E-state index is 9.24. The van der Waals surface area contributed by atoms with Gasteiger partial charge in [0.25, 0.3) is 0 Å². The fourth-order valence-electron chi connectivity index (χ4n) is 2.20. The van der Waals surface area contributed by atoms with Crippen molar-refractivity contribution in [3.63, 3.8) is 0 Å². The van der Waals surface area contributed by atoms with Crippen molar-refractivity contribution in [2.45, 2.75) is 19.3 Å². The van der Waals surface area contributed by atoms with Gasteiger partial charge in [-0.2, -0.15) is 0 Å². The van der Waals surface area contributed by atoms with Crippen molar-refractivity contribution in [1.29, 1.82) is 0 Å². The van der Waals surface area contributed by atoms with Crippen molar-refractivity contribution in [2.75, 3.05) is 33.9 Å². The van der Waals surface area contributed by atoms with Crippen LogP contribution in [-0.4, -0.2) is 39.0 Å². The number of nitrogens with one attached hydrogen (secondary N) is 1. The highest BCUT2D eigenvalue weighted by Crippen LogP contribution is 2.44. The second kappa shape index (κ2) is 6.26. The number of hydrogen-bond acceptors (Lipinski definition) is 4. The van der Waals surface area contributed by atoms with E-state index in [4.69, 9.17) is 9.47 Å². The number of aliphatic hydroxyl groups is 1. The van der Waals surface area contributed by atoms with Crippen molar-refractivity contribution < 1.29 is 14.6 Å². The van der Waals surface area contributed by atoms with Crippen molar-refractivity contribution >= 4 is 0 Å². The van der Waals surface area contributed by atoms with Crippen LogP contribution in [0, 0.1) is 5.41 Å². The molecule has 1 aromatic carbocycles. The summed E-state index contributed by atoms with van der Waals surface area (Å²) in [6.07, 6.45) is 3.19. The first kappa shape index (κ1) is 14.2. The Bertz CT molecular complexity index is 416. The van der Waals surface area contributed by atoms with Crippen LogP contribution >= 0.6 is 0 Å².